The standard InChI is InChI=1S/C14H23NO2/c1-4-12(3)17-14-8-6-7-13(11-14)15-9-10-16-5-2/h6-8,11-12,15H,4-5,9-10H2,1-3H3. The van der Waals surface area contributed by atoms with E-state index in [0.29, 0.717) is 0 Å². The summed E-state index contributed by atoms with van der Waals surface area (Å²) >= 11 is 0. The highest BCUT2D eigenvalue weighted by atomic mass is 16.5. The maximum Gasteiger partial charge on any atom is 0.121 e. The molecule has 0 aliphatic rings. The van der Waals surface area contributed by atoms with Crippen LogP contribution in [0, 0.1) is 0 Å². The van der Waals surface area contributed by atoms with Crippen molar-refractivity contribution in [3.05, 3.63) is 24.3 Å². The Bertz CT molecular complexity index is 315. The molecule has 0 spiro atoms. The van der Waals surface area contributed by atoms with Crippen LogP contribution in [0.3, 0.4) is 0 Å². The first-order chi connectivity index (χ1) is 8.26. The molecular formula is C14H23NO2. The van der Waals surface area contributed by atoms with Gasteiger partial charge in [-0.1, -0.05) is 13.0 Å². The molecule has 0 aromatic heterocycles. The second-order valence-corrected chi connectivity index (χ2v) is 3.99. The van der Waals surface area contributed by atoms with E-state index in [0.717, 1.165) is 37.6 Å². The molecule has 3 nitrogen and oxygen atoms in total. The minimum absolute atomic E-state index is 0.258. The Morgan fingerprint density at radius 2 is 2.12 bits per heavy atom. The molecule has 3 heteroatoms. The van der Waals surface area contributed by atoms with Gasteiger partial charge < -0.3 is 14.8 Å². The van der Waals surface area contributed by atoms with Crippen molar-refractivity contribution in [3.8, 4) is 5.75 Å². The summed E-state index contributed by atoms with van der Waals surface area (Å²) in [6, 6.07) is 8.05. The summed E-state index contributed by atoms with van der Waals surface area (Å²) in [5.74, 6) is 0.917. The second-order valence-electron chi connectivity index (χ2n) is 3.99. The summed E-state index contributed by atoms with van der Waals surface area (Å²) in [4.78, 5) is 0. The molecule has 1 aromatic rings. The maximum atomic E-state index is 5.76. The van der Waals surface area contributed by atoms with Gasteiger partial charge in [0.2, 0.25) is 0 Å². The highest BCUT2D eigenvalue weighted by molar-refractivity contribution is 5.48. The summed E-state index contributed by atoms with van der Waals surface area (Å²) in [6.45, 7) is 8.51. The Morgan fingerprint density at radius 3 is 2.82 bits per heavy atom. The van der Waals surface area contributed by atoms with E-state index in [1.807, 2.05) is 31.2 Å². The van der Waals surface area contributed by atoms with Crippen LogP contribution in [0.5, 0.6) is 5.75 Å². The minimum atomic E-state index is 0.258. The van der Waals surface area contributed by atoms with E-state index in [9.17, 15) is 0 Å². The molecule has 1 N–H and O–H groups in total. The summed E-state index contributed by atoms with van der Waals surface area (Å²) in [5, 5.41) is 3.31. The smallest absolute Gasteiger partial charge is 0.121 e. The van der Waals surface area contributed by atoms with Gasteiger partial charge in [-0.3, -0.25) is 0 Å². The van der Waals surface area contributed by atoms with E-state index in [2.05, 4.69) is 19.2 Å². The van der Waals surface area contributed by atoms with Crippen molar-refractivity contribution in [2.75, 3.05) is 25.1 Å². The Labute approximate surface area is 104 Å². The van der Waals surface area contributed by atoms with Gasteiger partial charge in [-0.2, -0.15) is 0 Å². The molecule has 1 atom stereocenters. The first-order valence-electron chi connectivity index (χ1n) is 6.34. The third-order valence-electron chi connectivity index (χ3n) is 2.53. The lowest BCUT2D eigenvalue weighted by atomic mass is 10.2. The van der Waals surface area contributed by atoms with Crippen molar-refractivity contribution in [3.63, 3.8) is 0 Å². The van der Waals surface area contributed by atoms with Crippen molar-refractivity contribution in [1.82, 2.24) is 0 Å². The van der Waals surface area contributed by atoms with Crippen molar-refractivity contribution in [2.24, 2.45) is 0 Å². The van der Waals surface area contributed by atoms with Crippen molar-refractivity contribution in [1.29, 1.82) is 0 Å². The van der Waals surface area contributed by atoms with Crippen LogP contribution < -0.4 is 10.1 Å². The topological polar surface area (TPSA) is 30.5 Å². The molecule has 0 aliphatic heterocycles. The maximum absolute atomic E-state index is 5.76. The molecule has 0 saturated heterocycles. The molecular weight excluding hydrogens is 214 g/mol. The minimum Gasteiger partial charge on any atom is -0.491 e. The van der Waals surface area contributed by atoms with Gasteiger partial charge in [0, 0.05) is 24.9 Å². The number of benzene rings is 1. The third kappa shape index (κ3) is 5.59. The van der Waals surface area contributed by atoms with E-state index in [4.69, 9.17) is 9.47 Å². The average molecular weight is 237 g/mol. The monoisotopic (exact) mass is 237 g/mol. The van der Waals surface area contributed by atoms with E-state index in [1.165, 1.54) is 0 Å². The summed E-state index contributed by atoms with van der Waals surface area (Å²) in [6.07, 6.45) is 1.27. The molecule has 0 amide bonds. The van der Waals surface area contributed by atoms with E-state index in [-0.39, 0.29) is 6.10 Å². The molecule has 96 valence electrons. The van der Waals surface area contributed by atoms with Crippen LogP contribution in [0.25, 0.3) is 0 Å². The lowest BCUT2D eigenvalue weighted by Gasteiger charge is -2.14. The SMILES string of the molecule is CCOCCNc1cccc(OC(C)CC)c1. The lowest BCUT2D eigenvalue weighted by Crippen LogP contribution is -2.11. The van der Waals surface area contributed by atoms with Crippen LogP contribution in [0.2, 0.25) is 0 Å². The molecule has 0 heterocycles. The Kier molecular flexibility index (Phi) is 6.48. The predicted octanol–water partition coefficient (Wildman–Crippen LogP) is 3.31. The zero-order valence-electron chi connectivity index (χ0n) is 11.0. The fourth-order valence-electron chi connectivity index (χ4n) is 1.41. The lowest BCUT2D eigenvalue weighted by molar-refractivity contribution is 0.158. The quantitative estimate of drug-likeness (QED) is 0.704. The first kappa shape index (κ1) is 13.8. The van der Waals surface area contributed by atoms with Crippen LogP contribution in [0.1, 0.15) is 27.2 Å². The predicted molar refractivity (Wildman–Crippen MR) is 71.8 cm³/mol. The summed E-state index contributed by atoms with van der Waals surface area (Å²) in [5.41, 5.74) is 1.07. The molecule has 0 aliphatic carbocycles. The zero-order chi connectivity index (χ0) is 12.5. The van der Waals surface area contributed by atoms with E-state index >= 15 is 0 Å². The number of nitrogens with one attached hydrogen (secondary N) is 1. The molecule has 0 radical (unpaired) electrons. The van der Waals surface area contributed by atoms with Gasteiger partial charge >= 0.3 is 0 Å². The Balaban J connectivity index is 2.42. The molecule has 0 fully saturated rings. The van der Waals surface area contributed by atoms with Crippen LogP contribution in [-0.4, -0.2) is 25.9 Å². The number of ether oxygens (including phenoxy) is 2. The Hall–Kier alpha value is -1.22. The van der Waals surface area contributed by atoms with Gasteiger partial charge in [0.15, 0.2) is 0 Å². The van der Waals surface area contributed by atoms with Gasteiger partial charge in [-0.05, 0) is 32.4 Å². The summed E-state index contributed by atoms with van der Waals surface area (Å²) in [7, 11) is 0. The van der Waals surface area contributed by atoms with E-state index in [1.54, 1.807) is 0 Å². The van der Waals surface area contributed by atoms with Gasteiger partial charge in [0.05, 0.1) is 12.7 Å². The van der Waals surface area contributed by atoms with E-state index < -0.39 is 0 Å². The number of rotatable bonds is 8. The molecule has 1 aromatic carbocycles. The molecule has 1 rings (SSSR count). The largest absolute Gasteiger partial charge is 0.491 e. The van der Waals surface area contributed by atoms with Crippen molar-refractivity contribution >= 4 is 5.69 Å². The zero-order valence-corrected chi connectivity index (χ0v) is 11.0. The van der Waals surface area contributed by atoms with Crippen LogP contribution in [0.15, 0.2) is 24.3 Å². The first-order valence-corrected chi connectivity index (χ1v) is 6.34. The number of anilines is 1. The van der Waals surface area contributed by atoms with Gasteiger partial charge in [-0.15, -0.1) is 0 Å². The molecule has 1 unspecified atom stereocenters. The van der Waals surface area contributed by atoms with Gasteiger partial charge in [0.25, 0.3) is 0 Å². The van der Waals surface area contributed by atoms with Crippen LogP contribution in [0.4, 0.5) is 5.69 Å². The fourth-order valence-corrected chi connectivity index (χ4v) is 1.41. The molecule has 0 saturated carbocycles. The van der Waals surface area contributed by atoms with Gasteiger partial charge in [-0.25, -0.2) is 0 Å². The van der Waals surface area contributed by atoms with Crippen molar-refractivity contribution < 1.29 is 9.47 Å². The third-order valence-corrected chi connectivity index (χ3v) is 2.53. The van der Waals surface area contributed by atoms with Crippen molar-refractivity contribution in [2.45, 2.75) is 33.3 Å². The fraction of sp³-hybridized carbons (Fsp3) is 0.571. The second kappa shape index (κ2) is 7.96. The highest BCUT2D eigenvalue weighted by Crippen LogP contribution is 2.18. The summed E-state index contributed by atoms with van der Waals surface area (Å²) < 4.78 is 11.0. The molecule has 17 heavy (non-hydrogen) atoms. The average Bonchev–Trinajstić information content (AvgIpc) is 2.35. The number of hydrogen-bond donors (Lipinski definition) is 1. The van der Waals surface area contributed by atoms with Crippen LogP contribution in [-0.2, 0) is 4.74 Å². The Morgan fingerprint density at radius 1 is 1.29 bits per heavy atom. The normalized spacial score (nSPS) is 12.2. The highest BCUT2D eigenvalue weighted by Gasteiger charge is 2.01. The molecule has 0 bridgehead atoms. The van der Waals surface area contributed by atoms with Gasteiger partial charge in [0.1, 0.15) is 5.75 Å². The number of hydrogen-bond acceptors (Lipinski definition) is 3. The van der Waals surface area contributed by atoms with Crippen LogP contribution >= 0.6 is 0 Å².